The van der Waals surface area contributed by atoms with E-state index in [0.29, 0.717) is 0 Å². The van der Waals surface area contributed by atoms with Crippen LogP contribution in [0, 0.1) is 13.8 Å². The molecule has 0 N–H and O–H groups in total. The van der Waals surface area contributed by atoms with Crippen molar-refractivity contribution in [3.63, 3.8) is 0 Å². The molecular formula is C16H16BrNO. The van der Waals surface area contributed by atoms with Crippen LogP contribution in [0.3, 0.4) is 0 Å². The van der Waals surface area contributed by atoms with Gasteiger partial charge in [0.1, 0.15) is 5.75 Å². The van der Waals surface area contributed by atoms with Gasteiger partial charge in [-0.1, -0.05) is 22.0 Å². The van der Waals surface area contributed by atoms with Crippen LogP contribution in [0.5, 0.6) is 5.75 Å². The molecule has 3 heteroatoms. The third kappa shape index (κ3) is 3.44. The maximum absolute atomic E-state index is 5.32. The van der Waals surface area contributed by atoms with E-state index in [9.17, 15) is 0 Å². The van der Waals surface area contributed by atoms with Crippen molar-refractivity contribution in [1.29, 1.82) is 0 Å². The van der Waals surface area contributed by atoms with Crippen LogP contribution in [0.2, 0.25) is 0 Å². The second-order valence-corrected chi connectivity index (χ2v) is 5.33. The Morgan fingerprint density at radius 3 is 2.53 bits per heavy atom. The molecule has 0 atom stereocenters. The molecule has 0 saturated carbocycles. The van der Waals surface area contributed by atoms with Crippen LogP contribution < -0.4 is 4.74 Å². The molecule has 98 valence electrons. The number of aliphatic imine (C=N–C) groups is 1. The first-order valence-corrected chi connectivity index (χ1v) is 6.84. The third-order valence-corrected chi connectivity index (χ3v) is 3.53. The summed E-state index contributed by atoms with van der Waals surface area (Å²) in [5, 5.41) is 0. The van der Waals surface area contributed by atoms with E-state index in [4.69, 9.17) is 4.74 Å². The van der Waals surface area contributed by atoms with Gasteiger partial charge in [0, 0.05) is 16.3 Å². The first kappa shape index (κ1) is 13.8. The van der Waals surface area contributed by atoms with Crippen LogP contribution >= 0.6 is 15.9 Å². The zero-order chi connectivity index (χ0) is 13.8. The predicted octanol–water partition coefficient (Wildman–Crippen LogP) is 4.83. The first-order chi connectivity index (χ1) is 9.10. The molecule has 2 aromatic rings. The molecular weight excluding hydrogens is 302 g/mol. The van der Waals surface area contributed by atoms with Crippen molar-refractivity contribution in [2.45, 2.75) is 13.8 Å². The van der Waals surface area contributed by atoms with Crippen molar-refractivity contribution in [3.8, 4) is 5.75 Å². The molecule has 2 nitrogen and oxygen atoms in total. The van der Waals surface area contributed by atoms with E-state index in [1.165, 1.54) is 11.1 Å². The minimum absolute atomic E-state index is 0.816. The zero-order valence-corrected chi connectivity index (χ0v) is 12.9. The highest BCUT2D eigenvalue weighted by molar-refractivity contribution is 9.10. The number of rotatable bonds is 3. The Morgan fingerprint density at radius 1 is 1.05 bits per heavy atom. The lowest BCUT2D eigenvalue weighted by Gasteiger charge is -2.05. The van der Waals surface area contributed by atoms with E-state index in [1.807, 2.05) is 30.5 Å². The minimum Gasteiger partial charge on any atom is -0.496 e. The lowest BCUT2D eigenvalue weighted by atomic mass is 10.1. The normalized spacial score (nSPS) is 10.9. The van der Waals surface area contributed by atoms with Gasteiger partial charge in [-0.05, 0) is 55.3 Å². The fourth-order valence-electron chi connectivity index (χ4n) is 1.76. The lowest BCUT2D eigenvalue weighted by molar-refractivity contribution is 0.414. The summed E-state index contributed by atoms with van der Waals surface area (Å²) >= 11 is 3.46. The number of aryl methyl sites for hydroxylation is 2. The summed E-state index contributed by atoms with van der Waals surface area (Å²) < 4.78 is 6.33. The van der Waals surface area contributed by atoms with Gasteiger partial charge in [-0.25, -0.2) is 0 Å². The Balaban J connectivity index is 2.31. The number of nitrogens with zero attached hydrogens (tertiary/aromatic N) is 1. The van der Waals surface area contributed by atoms with Gasteiger partial charge in [-0.3, -0.25) is 4.99 Å². The zero-order valence-electron chi connectivity index (χ0n) is 11.3. The smallest absolute Gasteiger partial charge is 0.127 e. The third-order valence-electron chi connectivity index (χ3n) is 3.03. The predicted molar refractivity (Wildman–Crippen MR) is 83.9 cm³/mol. The minimum atomic E-state index is 0.816. The quantitative estimate of drug-likeness (QED) is 0.743. The Kier molecular flexibility index (Phi) is 4.38. The number of benzene rings is 2. The van der Waals surface area contributed by atoms with Crippen molar-refractivity contribution in [2.24, 2.45) is 4.99 Å². The average Bonchev–Trinajstić information content (AvgIpc) is 2.40. The van der Waals surface area contributed by atoms with E-state index >= 15 is 0 Å². The maximum atomic E-state index is 5.32. The SMILES string of the molecule is COc1ccc(Br)cc1C=Nc1ccc(C)c(C)c1. The van der Waals surface area contributed by atoms with Gasteiger partial charge in [-0.15, -0.1) is 0 Å². The molecule has 19 heavy (non-hydrogen) atoms. The van der Waals surface area contributed by atoms with E-state index in [1.54, 1.807) is 7.11 Å². The fraction of sp³-hybridized carbons (Fsp3) is 0.188. The van der Waals surface area contributed by atoms with Gasteiger partial charge in [0.05, 0.1) is 12.8 Å². The number of hydrogen-bond acceptors (Lipinski definition) is 2. The Bertz CT molecular complexity index is 620. The Hall–Kier alpha value is -1.61. The molecule has 0 unspecified atom stereocenters. The fourth-order valence-corrected chi connectivity index (χ4v) is 2.13. The van der Waals surface area contributed by atoms with Gasteiger partial charge < -0.3 is 4.74 Å². The molecule has 0 aliphatic carbocycles. The molecule has 0 saturated heterocycles. The van der Waals surface area contributed by atoms with Crippen molar-refractivity contribution in [1.82, 2.24) is 0 Å². The van der Waals surface area contributed by atoms with Gasteiger partial charge in [0.25, 0.3) is 0 Å². The van der Waals surface area contributed by atoms with Crippen LogP contribution in [0.4, 0.5) is 5.69 Å². The second kappa shape index (κ2) is 6.02. The van der Waals surface area contributed by atoms with Crippen LogP contribution in [0.15, 0.2) is 45.9 Å². The van der Waals surface area contributed by atoms with Crippen molar-refractivity contribution in [2.75, 3.05) is 7.11 Å². The standard InChI is InChI=1S/C16H16BrNO/c1-11-4-6-15(8-12(11)2)18-10-13-9-14(17)5-7-16(13)19-3/h4-10H,1-3H3. The second-order valence-electron chi connectivity index (χ2n) is 4.41. The number of hydrogen-bond donors (Lipinski definition) is 0. The lowest BCUT2D eigenvalue weighted by Crippen LogP contribution is -1.90. The summed E-state index contributed by atoms with van der Waals surface area (Å²) in [5.74, 6) is 0.816. The summed E-state index contributed by atoms with van der Waals surface area (Å²) in [7, 11) is 1.66. The molecule has 0 aliphatic rings. The van der Waals surface area contributed by atoms with Crippen molar-refractivity contribution < 1.29 is 4.74 Å². The molecule has 0 spiro atoms. The highest BCUT2D eigenvalue weighted by Gasteiger charge is 2.01. The van der Waals surface area contributed by atoms with E-state index in [-0.39, 0.29) is 0 Å². The monoisotopic (exact) mass is 317 g/mol. The first-order valence-electron chi connectivity index (χ1n) is 6.05. The molecule has 0 heterocycles. The molecule has 0 aromatic heterocycles. The number of methoxy groups -OCH3 is 1. The van der Waals surface area contributed by atoms with Crippen LogP contribution in [0.1, 0.15) is 16.7 Å². The van der Waals surface area contributed by atoms with E-state index in [0.717, 1.165) is 21.5 Å². The number of ether oxygens (including phenoxy) is 1. The summed E-state index contributed by atoms with van der Waals surface area (Å²) in [6.45, 7) is 4.19. The van der Waals surface area contributed by atoms with Crippen molar-refractivity contribution >= 4 is 27.8 Å². The van der Waals surface area contributed by atoms with Gasteiger partial charge >= 0.3 is 0 Å². The van der Waals surface area contributed by atoms with Crippen LogP contribution in [0.25, 0.3) is 0 Å². The molecule has 2 rings (SSSR count). The Morgan fingerprint density at radius 2 is 1.84 bits per heavy atom. The van der Waals surface area contributed by atoms with Crippen LogP contribution in [-0.2, 0) is 0 Å². The molecule has 0 fully saturated rings. The highest BCUT2D eigenvalue weighted by Crippen LogP contribution is 2.23. The van der Waals surface area contributed by atoms with Crippen molar-refractivity contribution in [3.05, 3.63) is 57.6 Å². The molecule has 0 amide bonds. The summed E-state index contributed by atoms with van der Waals surface area (Å²) in [6, 6.07) is 12.0. The van der Waals surface area contributed by atoms with Crippen LogP contribution in [-0.4, -0.2) is 13.3 Å². The summed E-state index contributed by atoms with van der Waals surface area (Å²) in [6.07, 6.45) is 1.83. The topological polar surface area (TPSA) is 21.6 Å². The van der Waals surface area contributed by atoms with E-state index < -0.39 is 0 Å². The van der Waals surface area contributed by atoms with Gasteiger partial charge in [-0.2, -0.15) is 0 Å². The average molecular weight is 318 g/mol. The maximum Gasteiger partial charge on any atom is 0.127 e. The largest absolute Gasteiger partial charge is 0.496 e. The summed E-state index contributed by atoms with van der Waals surface area (Å²) in [5.41, 5.74) is 4.43. The molecule has 0 aliphatic heterocycles. The van der Waals surface area contributed by atoms with Gasteiger partial charge in [0.15, 0.2) is 0 Å². The highest BCUT2D eigenvalue weighted by atomic mass is 79.9. The Labute approximate surface area is 122 Å². The van der Waals surface area contributed by atoms with E-state index in [2.05, 4.69) is 46.9 Å². The molecule has 0 radical (unpaired) electrons. The molecule has 2 aromatic carbocycles. The van der Waals surface area contributed by atoms with Gasteiger partial charge in [0.2, 0.25) is 0 Å². The summed E-state index contributed by atoms with van der Waals surface area (Å²) in [4.78, 5) is 4.50. The molecule has 0 bridgehead atoms. The number of halogens is 1.